The SMILES string of the molecule is CCCCCCCCCCCCCCON(Cc1ccc(C(=O)O)cc1Cl)c1ccccc1. The molecule has 0 fully saturated rings. The smallest absolute Gasteiger partial charge is 0.335 e. The Kier molecular flexibility index (Phi) is 13.6. The lowest BCUT2D eigenvalue weighted by molar-refractivity contribution is 0.0697. The van der Waals surface area contributed by atoms with Gasteiger partial charge >= 0.3 is 5.97 Å². The summed E-state index contributed by atoms with van der Waals surface area (Å²) in [6.45, 7) is 3.37. The third-order valence-electron chi connectivity index (χ3n) is 5.90. The summed E-state index contributed by atoms with van der Waals surface area (Å²) in [4.78, 5) is 17.3. The fraction of sp³-hybridized carbons (Fsp3) is 0.536. The number of hydrogen-bond donors (Lipinski definition) is 1. The number of hydroxylamine groups is 1. The van der Waals surface area contributed by atoms with E-state index in [1.54, 1.807) is 12.1 Å². The molecular weight excluding hydrogens is 434 g/mol. The molecule has 0 radical (unpaired) electrons. The molecule has 2 aromatic rings. The van der Waals surface area contributed by atoms with Crippen molar-refractivity contribution in [3.05, 3.63) is 64.7 Å². The molecule has 0 aliphatic carbocycles. The highest BCUT2D eigenvalue weighted by atomic mass is 35.5. The number of nitrogens with zero attached hydrogens (tertiary/aromatic N) is 1. The first-order chi connectivity index (χ1) is 16.1. The van der Waals surface area contributed by atoms with Gasteiger partial charge in [0, 0.05) is 5.02 Å². The van der Waals surface area contributed by atoms with E-state index in [1.807, 2.05) is 35.4 Å². The number of hydrogen-bond acceptors (Lipinski definition) is 3. The molecule has 0 amide bonds. The molecule has 0 atom stereocenters. The van der Waals surface area contributed by atoms with Crippen LogP contribution in [0, 0.1) is 0 Å². The van der Waals surface area contributed by atoms with E-state index < -0.39 is 5.97 Å². The van der Waals surface area contributed by atoms with Crippen LogP contribution < -0.4 is 5.06 Å². The maximum Gasteiger partial charge on any atom is 0.335 e. The number of halogens is 1. The molecular formula is C28H40ClNO3. The van der Waals surface area contributed by atoms with Gasteiger partial charge in [0.15, 0.2) is 0 Å². The molecule has 1 N–H and O–H groups in total. The fourth-order valence-electron chi connectivity index (χ4n) is 3.89. The Hall–Kier alpha value is -2.04. The third-order valence-corrected chi connectivity index (χ3v) is 6.26. The van der Waals surface area contributed by atoms with Crippen molar-refractivity contribution in [1.29, 1.82) is 0 Å². The molecule has 0 aliphatic rings. The standard InChI is InChI=1S/C28H40ClNO3/c1-2-3-4-5-6-7-8-9-10-11-12-16-21-33-30(26-17-14-13-15-18-26)23-25-20-19-24(28(31)32)22-27(25)29/h13-15,17-20,22H,2-12,16,21,23H2,1H3,(H,31,32). The van der Waals surface area contributed by atoms with Crippen molar-refractivity contribution in [2.75, 3.05) is 11.7 Å². The quantitative estimate of drug-likeness (QED) is 0.174. The Morgan fingerprint density at radius 1 is 0.848 bits per heavy atom. The molecule has 182 valence electrons. The van der Waals surface area contributed by atoms with Crippen LogP contribution in [0.2, 0.25) is 5.02 Å². The van der Waals surface area contributed by atoms with Crippen molar-refractivity contribution in [3.63, 3.8) is 0 Å². The van der Waals surface area contributed by atoms with Crippen LogP contribution in [0.1, 0.15) is 99.9 Å². The molecule has 0 saturated heterocycles. The number of unbranched alkanes of at least 4 members (excludes halogenated alkanes) is 11. The zero-order valence-electron chi connectivity index (χ0n) is 20.1. The molecule has 0 saturated carbocycles. The average molecular weight is 474 g/mol. The second-order valence-electron chi connectivity index (χ2n) is 8.71. The number of carboxylic acid groups (broad SMARTS) is 1. The summed E-state index contributed by atoms with van der Waals surface area (Å²) in [5.74, 6) is -0.980. The average Bonchev–Trinajstić information content (AvgIpc) is 2.82. The maximum atomic E-state index is 11.2. The topological polar surface area (TPSA) is 49.8 Å². The van der Waals surface area contributed by atoms with Crippen LogP contribution in [-0.2, 0) is 11.4 Å². The molecule has 0 heterocycles. The number of carboxylic acids is 1. The van der Waals surface area contributed by atoms with Gasteiger partial charge < -0.3 is 5.11 Å². The van der Waals surface area contributed by atoms with Crippen molar-refractivity contribution in [1.82, 2.24) is 0 Å². The van der Waals surface area contributed by atoms with E-state index in [1.165, 1.54) is 76.7 Å². The van der Waals surface area contributed by atoms with Crippen LogP contribution in [0.4, 0.5) is 5.69 Å². The molecule has 33 heavy (non-hydrogen) atoms. The molecule has 2 aromatic carbocycles. The van der Waals surface area contributed by atoms with Crippen LogP contribution in [-0.4, -0.2) is 17.7 Å². The van der Waals surface area contributed by atoms with E-state index in [0.717, 1.165) is 17.7 Å². The maximum absolute atomic E-state index is 11.2. The first kappa shape index (κ1) is 27.2. The number of benzene rings is 2. The second kappa shape index (κ2) is 16.6. The first-order valence-corrected chi connectivity index (χ1v) is 13.0. The fourth-order valence-corrected chi connectivity index (χ4v) is 4.13. The van der Waals surface area contributed by atoms with Gasteiger partial charge in [0.2, 0.25) is 0 Å². The molecule has 0 spiro atoms. The number of rotatable bonds is 18. The van der Waals surface area contributed by atoms with E-state index in [4.69, 9.17) is 21.5 Å². The van der Waals surface area contributed by atoms with Crippen LogP contribution in [0.5, 0.6) is 0 Å². The van der Waals surface area contributed by atoms with Crippen LogP contribution in [0.3, 0.4) is 0 Å². The van der Waals surface area contributed by atoms with Gasteiger partial charge in [0.05, 0.1) is 24.4 Å². The largest absolute Gasteiger partial charge is 0.478 e. The molecule has 0 aromatic heterocycles. The summed E-state index contributed by atoms with van der Waals surface area (Å²) in [5, 5.41) is 11.4. The summed E-state index contributed by atoms with van der Waals surface area (Å²) in [6, 6.07) is 14.8. The summed E-state index contributed by atoms with van der Waals surface area (Å²) in [6.07, 6.45) is 15.8. The minimum Gasteiger partial charge on any atom is -0.478 e. The van der Waals surface area contributed by atoms with Crippen molar-refractivity contribution < 1.29 is 14.7 Å². The molecule has 4 nitrogen and oxygen atoms in total. The summed E-state index contributed by atoms with van der Waals surface area (Å²) >= 11 is 6.35. The Morgan fingerprint density at radius 3 is 1.97 bits per heavy atom. The Labute approximate surface area is 204 Å². The van der Waals surface area contributed by atoms with Gasteiger partial charge in [0.25, 0.3) is 0 Å². The van der Waals surface area contributed by atoms with Crippen molar-refractivity contribution in [2.45, 2.75) is 90.5 Å². The number of aromatic carboxylic acids is 1. The van der Waals surface area contributed by atoms with Crippen molar-refractivity contribution in [3.8, 4) is 0 Å². The van der Waals surface area contributed by atoms with Gasteiger partial charge in [-0.3, -0.25) is 4.84 Å². The number of para-hydroxylation sites is 1. The molecule has 2 rings (SSSR count). The first-order valence-electron chi connectivity index (χ1n) is 12.6. The highest BCUT2D eigenvalue weighted by Gasteiger charge is 2.13. The predicted octanol–water partition coefficient (Wildman–Crippen LogP) is 8.68. The Morgan fingerprint density at radius 2 is 1.42 bits per heavy atom. The summed E-state index contributed by atoms with van der Waals surface area (Å²) in [5.41, 5.74) is 1.97. The van der Waals surface area contributed by atoms with Crippen molar-refractivity contribution in [2.24, 2.45) is 0 Å². The number of anilines is 1. The van der Waals surface area contributed by atoms with Crippen LogP contribution >= 0.6 is 11.6 Å². The minimum atomic E-state index is -0.980. The van der Waals surface area contributed by atoms with E-state index in [0.29, 0.717) is 18.2 Å². The van der Waals surface area contributed by atoms with Crippen LogP contribution in [0.25, 0.3) is 0 Å². The highest BCUT2D eigenvalue weighted by Crippen LogP contribution is 2.24. The summed E-state index contributed by atoms with van der Waals surface area (Å²) < 4.78 is 0. The van der Waals surface area contributed by atoms with Gasteiger partial charge in [-0.15, -0.1) is 0 Å². The summed E-state index contributed by atoms with van der Waals surface area (Å²) in [7, 11) is 0. The second-order valence-corrected chi connectivity index (χ2v) is 9.11. The zero-order chi connectivity index (χ0) is 23.7. The number of carbonyl (C=O) groups is 1. The third kappa shape index (κ3) is 11.1. The molecule has 5 heteroatoms. The molecule has 0 bridgehead atoms. The molecule has 0 unspecified atom stereocenters. The van der Waals surface area contributed by atoms with Gasteiger partial charge in [-0.2, -0.15) is 0 Å². The lowest BCUT2D eigenvalue weighted by atomic mass is 10.1. The van der Waals surface area contributed by atoms with Crippen LogP contribution in [0.15, 0.2) is 48.5 Å². The van der Waals surface area contributed by atoms with Crippen molar-refractivity contribution >= 4 is 23.3 Å². The normalized spacial score (nSPS) is 11.0. The Balaban J connectivity index is 1.70. The Bertz CT molecular complexity index is 797. The van der Waals surface area contributed by atoms with Gasteiger partial charge in [-0.05, 0) is 36.2 Å². The van der Waals surface area contributed by atoms with E-state index in [9.17, 15) is 4.79 Å². The minimum absolute atomic E-state index is 0.187. The monoisotopic (exact) mass is 473 g/mol. The van der Waals surface area contributed by atoms with E-state index in [2.05, 4.69) is 6.92 Å². The highest BCUT2D eigenvalue weighted by molar-refractivity contribution is 6.31. The zero-order valence-corrected chi connectivity index (χ0v) is 20.9. The molecule has 0 aliphatic heterocycles. The predicted molar refractivity (Wildman–Crippen MR) is 138 cm³/mol. The van der Waals surface area contributed by atoms with E-state index >= 15 is 0 Å². The van der Waals surface area contributed by atoms with E-state index in [-0.39, 0.29) is 5.56 Å². The van der Waals surface area contributed by atoms with Gasteiger partial charge in [0.1, 0.15) is 0 Å². The van der Waals surface area contributed by atoms with Gasteiger partial charge in [-0.1, -0.05) is 113 Å². The lowest BCUT2D eigenvalue weighted by Gasteiger charge is -2.24. The van der Waals surface area contributed by atoms with Gasteiger partial charge in [-0.25, -0.2) is 9.86 Å². The lowest BCUT2D eigenvalue weighted by Crippen LogP contribution is -2.24.